The first kappa shape index (κ1) is 13.8. The second-order valence-electron chi connectivity index (χ2n) is 5.07. The van der Waals surface area contributed by atoms with Crippen molar-refractivity contribution in [1.29, 1.82) is 0 Å². The van der Waals surface area contributed by atoms with Gasteiger partial charge in [0.15, 0.2) is 0 Å². The molecule has 0 bridgehead atoms. The van der Waals surface area contributed by atoms with E-state index in [0.29, 0.717) is 11.8 Å². The highest BCUT2D eigenvalue weighted by molar-refractivity contribution is 5.85. The van der Waals surface area contributed by atoms with Crippen LogP contribution in [0.4, 0.5) is 0 Å². The molecule has 0 aromatic carbocycles. The number of nitrogens with one attached hydrogen (secondary N) is 1. The first-order valence-electron chi connectivity index (χ1n) is 6.27. The lowest BCUT2D eigenvalue weighted by Gasteiger charge is -2.34. The van der Waals surface area contributed by atoms with Crippen LogP contribution in [0.3, 0.4) is 0 Å². The summed E-state index contributed by atoms with van der Waals surface area (Å²) >= 11 is 0. The first-order valence-corrected chi connectivity index (χ1v) is 6.27. The van der Waals surface area contributed by atoms with E-state index < -0.39 is 0 Å². The van der Waals surface area contributed by atoms with Gasteiger partial charge in [0.1, 0.15) is 0 Å². The summed E-state index contributed by atoms with van der Waals surface area (Å²) in [6, 6.07) is 0. The van der Waals surface area contributed by atoms with Crippen LogP contribution in [0.5, 0.6) is 0 Å². The third-order valence-corrected chi connectivity index (χ3v) is 3.61. The van der Waals surface area contributed by atoms with Gasteiger partial charge in [-0.05, 0) is 38.1 Å². The normalized spacial score (nSPS) is 30.7. The summed E-state index contributed by atoms with van der Waals surface area (Å²) in [4.78, 5) is 14.3. The Bertz CT molecular complexity index is 229. The van der Waals surface area contributed by atoms with E-state index in [2.05, 4.69) is 17.1 Å². The van der Waals surface area contributed by atoms with Crippen LogP contribution < -0.4 is 5.32 Å². The largest absolute Gasteiger partial charge is 0.342 e. The maximum atomic E-state index is 12.2. The van der Waals surface area contributed by atoms with E-state index in [-0.39, 0.29) is 18.3 Å². The fourth-order valence-corrected chi connectivity index (χ4v) is 2.71. The van der Waals surface area contributed by atoms with Crippen molar-refractivity contribution in [1.82, 2.24) is 10.2 Å². The van der Waals surface area contributed by atoms with Crippen LogP contribution in [-0.2, 0) is 4.79 Å². The molecule has 0 aliphatic carbocycles. The molecule has 2 aliphatic rings. The minimum atomic E-state index is 0. The zero-order valence-corrected chi connectivity index (χ0v) is 10.9. The molecule has 0 radical (unpaired) electrons. The highest BCUT2D eigenvalue weighted by Gasteiger charge is 2.28. The van der Waals surface area contributed by atoms with E-state index in [1.54, 1.807) is 0 Å². The molecule has 0 aromatic rings. The van der Waals surface area contributed by atoms with E-state index in [4.69, 9.17) is 0 Å². The van der Waals surface area contributed by atoms with Gasteiger partial charge in [0.05, 0.1) is 5.92 Å². The number of likely N-dealkylation sites (tertiary alicyclic amines) is 1. The Morgan fingerprint density at radius 2 is 2.12 bits per heavy atom. The summed E-state index contributed by atoms with van der Waals surface area (Å²) in [5.41, 5.74) is 0. The number of carbonyl (C=O) groups is 1. The van der Waals surface area contributed by atoms with Crippen LogP contribution in [0.1, 0.15) is 32.6 Å². The van der Waals surface area contributed by atoms with Crippen molar-refractivity contribution in [3.63, 3.8) is 0 Å². The number of hydrogen-bond acceptors (Lipinski definition) is 2. The highest BCUT2D eigenvalue weighted by atomic mass is 35.5. The molecule has 2 fully saturated rings. The molecule has 2 unspecified atom stereocenters. The molecule has 94 valence electrons. The number of nitrogens with zero attached hydrogens (tertiary/aromatic N) is 1. The van der Waals surface area contributed by atoms with E-state index in [9.17, 15) is 4.79 Å². The van der Waals surface area contributed by atoms with Crippen LogP contribution in [0.15, 0.2) is 0 Å². The topological polar surface area (TPSA) is 32.3 Å². The van der Waals surface area contributed by atoms with Gasteiger partial charge in [-0.25, -0.2) is 0 Å². The monoisotopic (exact) mass is 246 g/mol. The second kappa shape index (κ2) is 6.45. The Balaban J connectivity index is 0.00000128. The maximum Gasteiger partial charge on any atom is 0.226 e. The van der Waals surface area contributed by atoms with Gasteiger partial charge >= 0.3 is 0 Å². The molecule has 0 aromatic heterocycles. The minimum Gasteiger partial charge on any atom is -0.342 e. The van der Waals surface area contributed by atoms with Crippen LogP contribution in [-0.4, -0.2) is 37.0 Å². The molecule has 0 saturated carbocycles. The summed E-state index contributed by atoms with van der Waals surface area (Å²) in [6.07, 6.45) is 4.70. The molecule has 1 N–H and O–H groups in total. The summed E-state index contributed by atoms with van der Waals surface area (Å²) < 4.78 is 0. The molecule has 2 atom stereocenters. The third-order valence-electron chi connectivity index (χ3n) is 3.61. The molecule has 2 saturated heterocycles. The number of hydrogen-bond donors (Lipinski definition) is 1. The Kier molecular flexibility index (Phi) is 5.56. The number of halogens is 1. The van der Waals surface area contributed by atoms with Gasteiger partial charge in [0.2, 0.25) is 5.91 Å². The minimum absolute atomic E-state index is 0. The van der Waals surface area contributed by atoms with Crippen molar-refractivity contribution in [2.24, 2.45) is 11.8 Å². The van der Waals surface area contributed by atoms with E-state index in [0.717, 1.165) is 39.0 Å². The Morgan fingerprint density at radius 1 is 1.31 bits per heavy atom. The average molecular weight is 247 g/mol. The quantitative estimate of drug-likeness (QED) is 0.764. The second-order valence-corrected chi connectivity index (χ2v) is 5.07. The molecule has 3 nitrogen and oxygen atoms in total. The highest BCUT2D eigenvalue weighted by Crippen LogP contribution is 2.20. The summed E-state index contributed by atoms with van der Waals surface area (Å²) in [5, 5.41) is 3.32. The fourth-order valence-electron chi connectivity index (χ4n) is 2.71. The first-order chi connectivity index (χ1) is 7.27. The van der Waals surface area contributed by atoms with Gasteiger partial charge < -0.3 is 10.2 Å². The number of amides is 1. The van der Waals surface area contributed by atoms with Crippen LogP contribution in [0, 0.1) is 11.8 Å². The van der Waals surface area contributed by atoms with E-state index in [1.807, 2.05) is 0 Å². The molecule has 0 spiro atoms. The van der Waals surface area contributed by atoms with Crippen LogP contribution >= 0.6 is 12.4 Å². The molecule has 4 heteroatoms. The molecular formula is C12H23ClN2O. The van der Waals surface area contributed by atoms with E-state index >= 15 is 0 Å². The maximum absolute atomic E-state index is 12.2. The van der Waals surface area contributed by atoms with Crippen molar-refractivity contribution in [3.8, 4) is 0 Å². The lowest BCUT2D eigenvalue weighted by Crippen LogP contribution is -2.46. The van der Waals surface area contributed by atoms with Crippen LogP contribution in [0.2, 0.25) is 0 Å². The molecule has 2 heterocycles. The van der Waals surface area contributed by atoms with Crippen LogP contribution in [0.25, 0.3) is 0 Å². The van der Waals surface area contributed by atoms with Gasteiger partial charge in [-0.15, -0.1) is 12.4 Å². The number of rotatable bonds is 1. The standard InChI is InChI=1S/C12H22N2O.ClH/c1-10-4-3-7-14(9-10)12(15)11-5-2-6-13-8-11;/h10-11,13H,2-9H2,1H3;1H. The molecule has 2 rings (SSSR count). The molecule has 1 amide bonds. The lowest BCUT2D eigenvalue weighted by molar-refractivity contribution is -0.137. The summed E-state index contributed by atoms with van der Waals surface area (Å²) in [7, 11) is 0. The summed E-state index contributed by atoms with van der Waals surface area (Å²) in [5.74, 6) is 1.34. The predicted octanol–water partition coefficient (Wildman–Crippen LogP) is 1.67. The zero-order chi connectivity index (χ0) is 10.7. The Labute approximate surface area is 104 Å². The van der Waals surface area contributed by atoms with Gasteiger partial charge in [0, 0.05) is 19.6 Å². The fraction of sp³-hybridized carbons (Fsp3) is 0.917. The molecular weight excluding hydrogens is 224 g/mol. The molecule has 16 heavy (non-hydrogen) atoms. The summed E-state index contributed by atoms with van der Waals surface area (Å²) in [6.45, 7) is 6.19. The Hall–Kier alpha value is -0.280. The Morgan fingerprint density at radius 3 is 2.75 bits per heavy atom. The zero-order valence-electron chi connectivity index (χ0n) is 10.1. The smallest absolute Gasteiger partial charge is 0.226 e. The van der Waals surface area contributed by atoms with Crippen molar-refractivity contribution in [3.05, 3.63) is 0 Å². The average Bonchev–Trinajstić information content (AvgIpc) is 2.29. The number of piperidine rings is 2. The van der Waals surface area contributed by atoms with Crippen molar-refractivity contribution >= 4 is 18.3 Å². The van der Waals surface area contributed by atoms with Crippen molar-refractivity contribution in [2.75, 3.05) is 26.2 Å². The SMILES string of the molecule is CC1CCCN(C(=O)C2CCCNC2)C1.Cl. The van der Waals surface area contributed by atoms with Crippen molar-refractivity contribution < 1.29 is 4.79 Å². The van der Waals surface area contributed by atoms with Gasteiger partial charge in [-0.1, -0.05) is 6.92 Å². The lowest BCUT2D eigenvalue weighted by atomic mass is 9.94. The van der Waals surface area contributed by atoms with Gasteiger partial charge in [0.25, 0.3) is 0 Å². The van der Waals surface area contributed by atoms with Gasteiger partial charge in [-0.2, -0.15) is 0 Å². The van der Waals surface area contributed by atoms with Gasteiger partial charge in [-0.3, -0.25) is 4.79 Å². The number of carbonyl (C=O) groups excluding carboxylic acids is 1. The third kappa shape index (κ3) is 3.36. The predicted molar refractivity (Wildman–Crippen MR) is 67.8 cm³/mol. The molecule has 2 aliphatic heterocycles. The van der Waals surface area contributed by atoms with E-state index in [1.165, 1.54) is 12.8 Å². The van der Waals surface area contributed by atoms with Crippen molar-refractivity contribution in [2.45, 2.75) is 32.6 Å².